The predicted octanol–water partition coefficient (Wildman–Crippen LogP) is 5.28. The summed E-state index contributed by atoms with van der Waals surface area (Å²) in [5.74, 6) is -0.626. The SMILES string of the molecule is Cc1cc(C)c(NC(=O)CNC(=O)c2cc(-c3ccccc3C)nc3c2cnn3C(C)C)c(C)c1. The van der Waals surface area contributed by atoms with Crippen molar-refractivity contribution >= 4 is 28.5 Å². The Morgan fingerprint density at radius 1 is 0.971 bits per heavy atom. The molecule has 4 aromatic rings. The number of nitrogens with zero attached hydrogens (tertiary/aromatic N) is 3. The quantitative estimate of drug-likeness (QED) is 0.402. The fraction of sp³-hybridized carbons (Fsp3) is 0.286. The molecule has 0 aliphatic rings. The summed E-state index contributed by atoms with van der Waals surface area (Å²) in [5, 5.41) is 10.8. The molecule has 0 saturated heterocycles. The summed E-state index contributed by atoms with van der Waals surface area (Å²) >= 11 is 0. The highest BCUT2D eigenvalue weighted by molar-refractivity contribution is 6.08. The number of benzene rings is 2. The molecule has 0 aliphatic heterocycles. The Hall–Kier alpha value is -4.00. The number of hydrogen-bond acceptors (Lipinski definition) is 4. The van der Waals surface area contributed by atoms with Gasteiger partial charge in [-0.1, -0.05) is 42.0 Å². The van der Waals surface area contributed by atoms with Gasteiger partial charge in [-0.2, -0.15) is 5.10 Å². The monoisotopic (exact) mass is 469 g/mol. The van der Waals surface area contributed by atoms with Gasteiger partial charge in [0.25, 0.3) is 5.91 Å². The van der Waals surface area contributed by atoms with E-state index in [1.54, 1.807) is 12.3 Å². The van der Waals surface area contributed by atoms with Gasteiger partial charge in [0.15, 0.2) is 5.65 Å². The topological polar surface area (TPSA) is 88.9 Å². The number of hydrogen-bond donors (Lipinski definition) is 2. The summed E-state index contributed by atoms with van der Waals surface area (Å²) in [7, 11) is 0. The molecule has 0 radical (unpaired) electrons. The van der Waals surface area contributed by atoms with Crippen molar-refractivity contribution in [2.75, 3.05) is 11.9 Å². The third kappa shape index (κ3) is 4.94. The van der Waals surface area contributed by atoms with Crippen LogP contribution in [0.1, 0.15) is 52.5 Å². The largest absolute Gasteiger partial charge is 0.343 e. The second-order valence-corrected chi connectivity index (χ2v) is 9.29. The predicted molar refractivity (Wildman–Crippen MR) is 140 cm³/mol. The number of carbonyl (C=O) groups is 2. The van der Waals surface area contributed by atoms with E-state index in [0.29, 0.717) is 22.3 Å². The molecule has 2 aromatic carbocycles. The van der Waals surface area contributed by atoms with Crippen LogP contribution in [0.4, 0.5) is 5.69 Å². The van der Waals surface area contributed by atoms with Crippen LogP contribution in [0, 0.1) is 27.7 Å². The van der Waals surface area contributed by atoms with Crippen molar-refractivity contribution in [3.8, 4) is 11.3 Å². The van der Waals surface area contributed by atoms with E-state index >= 15 is 0 Å². The molecule has 2 aromatic heterocycles. The maximum absolute atomic E-state index is 13.3. The minimum atomic E-state index is -0.344. The molecule has 7 nitrogen and oxygen atoms in total. The molecular formula is C28H31N5O2. The first kappa shape index (κ1) is 24.1. The molecule has 0 aliphatic carbocycles. The molecule has 35 heavy (non-hydrogen) atoms. The lowest BCUT2D eigenvalue weighted by atomic mass is 10.0. The van der Waals surface area contributed by atoms with Crippen molar-refractivity contribution in [2.45, 2.75) is 47.6 Å². The standard InChI is InChI=1S/C28H31N5O2/c1-16(2)33-27-23(14-30-33)22(13-24(31-27)21-10-8-7-9-18(21)4)28(35)29-15-25(34)32-26-19(5)11-17(3)12-20(26)6/h7-14,16H,15H2,1-6H3,(H,29,35)(H,32,34). The van der Waals surface area contributed by atoms with Gasteiger partial charge in [-0.05, 0) is 64.3 Å². The van der Waals surface area contributed by atoms with Crippen LogP contribution in [-0.2, 0) is 4.79 Å². The molecule has 2 amide bonds. The van der Waals surface area contributed by atoms with Gasteiger partial charge in [0.1, 0.15) is 0 Å². The Morgan fingerprint density at radius 3 is 2.31 bits per heavy atom. The number of nitrogens with one attached hydrogen (secondary N) is 2. The van der Waals surface area contributed by atoms with Gasteiger partial charge < -0.3 is 10.6 Å². The van der Waals surface area contributed by atoms with E-state index in [1.807, 2.05) is 82.6 Å². The van der Waals surface area contributed by atoms with Crippen LogP contribution in [0.15, 0.2) is 48.7 Å². The highest BCUT2D eigenvalue weighted by atomic mass is 16.2. The van der Waals surface area contributed by atoms with E-state index in [-0.39, 0.29) is 24.4 Å². The normalized spacial score (nSPS) is 11.2. The fourth-order valence-corrected chi connectivity index (χ4v) is 4.40. The summed E-state index contributed by atoms with van der Waals surface area (Å²) in [6.07, 6.45) is 1.66. The third-order valence-corrected chi connectivity index (χ3v) is 6.07. The summed E-state index contributed by atoms with van der Waals surface area (Å²) in [6, 6.07) is 13.8. The van der Waals surface area contributed by atoms with E-state index in [1.165, 1.54) is 0 Å². The number of pyridine rings is 1. The maximum atomic E-state index is 13.3. The molecule has 0 saturated carbocycles. The molecule has 7 heteroatoms. The number of anilines is 1. The molecular weight excluding hydrogens is 438 g/mol. The molecule has 0 spiro atoms. The van der Waals surface area contributed by atoms with Gasteiger partial charge in [0, 0.05) is 17.3 Å². The molecule has 4 rings (SSSR count). The van der Waals surface area contributed by atoms with Gasteiger partial charge in [0.05, 0.1) is 29.4 Å². The lowest BCUT2D eigenvalue weighted by molar-refractivity contribution is -0.115. The number of rotatable bonds is 6. The zero-order chi connectivity index (χ0) is 25.3. The van der Waals surface area contributed by atoms with Crippen LogP contribution in [0.5, 0.6) is 0 Å². The average molecular weight is 470 g/mol. The zero-order valence-electron chi connectivity index (χ0n) is 21.1. The van der Waals surface area contributed by atoms with Crippen LogP contribution in [0.2, 0.25) is 0 Å². The van der Waals surface area contributed by atoms with E-state index in [2.05, 4.69) is 15.7 Å². The Morgan fingerprint density at radius 2 is 1.66 bits per heavy atom. The Balaban J connectivity index is 1.63. The first-order chi connectivity index (χ1) is 16.7. The van der Waals surface area contributed by atoms with E-state index in [9.17, 15) is 9.59 Å². The summed E-state index contributed by atoms with van der Waals surface area (Å²) in [5.41, 5.74) is 7.67. The first-order valence-electron chi connectivity index (χ1n) is 11.8. The van der Waals surface area contributed by atoms with E-state index in [0.717, 1.165) is 33.5 Å². The first-order valence-corrected chi connectivity index (χ1v) is 11.8. The van der Waals surface area contributed by atoms with Crippen LogP contribution in [0.3, 0.4) is 0 Å². The molecule has 0 atom stereocenters. The van der Waals surface area contributed by atoms with Gasteiger partial charge in [-0.3, -0.25) is 9.59 Å². The summed E-state index contributed by atoms with van der Waals surface area (Å²) < 4.78 is 1.81. The fourth-order valence-electron chi connectivity index (χ4n) is 4.40. The van der Waals surface area contributed by atoms with E-state index < -0.39 is 0 Å². The molecule has 0 unspecified atom stereocenters. The van der Waals surface area contributed by atoms with Crippen molar-refractivity contribution in [1.82, 2.24) is 20.1 Å². The zero-order valence-corrected chi connectivity index (χ0v) is 21.1. The van der Waals surface area contributed by atoms with E-state index in [4.69, 9.17) is 4.98 Å². The van der Waals surface area contributed by atoms with Crippen molar-refractivity contribution in [1.29, 1.82) is 0 Å². The number of amides is 2. The highest BCUT2D eigenvalue weighted by Crippen LogP contribution is 2.28. The number of carbonyl (C=O) groups excluding carboxylic acids is 2. The summed E-state index contributed by atoms with van der Waals surface area (Å²) in [4.78, 5) is 30.8. The molecule has 180 valence electrons. The smallest absolute Gasteiger partial charge is 0.252 e. The minimum Gasteiger partial charge on any atom is -0.343 e. The summed E-state index contributed by atoms with van der Waals surface area (Å²) in [6.45, 7) is 11.9. The van der Waals surface area contributed by atoms with Crippen LogP contribution in [-0.4, -0.2) is 33.1 Å². The second-order valence-electron chi connectivity index (χ2n) is 9.29. The van der Waals surface area contributed by atoms with Crippen LogP contribution >= 0.6 is 0 Å². The van der Waals surface area contributed by atoms with Gasteiger partial charge in [0.2, 0.25) is 5.91 Å². The lowest BCUT2D eigenvalue weighted by Gasteiger charge is -2.14. The van der Waals surface area contributed by atoms with Gasteiger partial charge >= 0.3 is 0 Å². The number of aryl methyl sites for hydroxylation is 4. The number of aromatic nitrogens is 3. The highest BCUT2D eigenvalue weighted by Gasteiger charge is 2.20. The molecule has 2 N–H and O–H groups in total. The minimum absolute atomic E-state index is 0.0785. The average Bonchev–Trinajstić information content (AvgIpc) is 3.24. The Labute approximate surface area is 205 Å². The van der Waals surface area contributed by atoms with Gasteiger partial charge in [-0.25, -0.2) is 9.67 Å². The molecule has 0 fully saturated rings. The van der Waals surface area contributed by atoms with Crippen molar-refractivity contribution in [2.24, 2.45) is 0 Å². The van der Waals surface area contributed by atoms with Gasteiger partial charge in [-0.15, -0.1) is 0 Å². The van der Waals surface area contributed by atoms with Crippen molar-refractivity contribution in [3.05, 3.63) is 76.5 Å². The lowest BCUT2D eigenvalue weighted by Crippen LogP contribution is -2.33. The van der Waals surface area contributed by atoms with Crippen LogP contribution < -0.4 is 10.6 Å². The molecule has 2 heterocycles. The Bertz CT molecular complexity index is 1410. The maximum Gasteiger partial charge on any atom is 0.252 e. The Kier molecular flexibility index (Phi) is 6.69. The van der Waals surface area contributed by atoms with Crippen molar-refractivity contribution < 1.29 is 9.59 Å². The second kappa shape index (κ2) is 9.70. The van der Waals surface area contributed by atoms with Crippen molar-refractivity contribution in [3.63, 3.8) is 0 Å². The van der Waals surface area contributed by atoms with Crippen LogP contribution in [0.25, 0.3) is 22.3 Å². The number of fused-ring (bicyclic) bond motifs is 1. The molecule has 0 bridgehead atoms. The third-order valence-electron chi connectivity index (χ3n) is 6.07.